The first-order chi connectivity index (χ1) is 18.0. The van der Waals surface area contributed by atoms with Crippen molar-refractivity contribution in [3.63, 3.8) is 0 Å². The fourth-order valence-corrected chi connectivity index (χ4v) is 5.93. The summed E-state index contributed by atoms with van der Waals surface area (Å²) in [4.78, 5) is 15.6. The predicted octanol–water partition coefficient (Wildman–Crippen LogP) is 5.13. The zero-order chi connectivity index (χ0) is 25.8. The van der Waals surface area contributed by atoms with Gasteiger partial charge in [-0.15, -0.1) is 0 Å². The summed E-state index contributed by atoms with van der Waals surface area (Å²) in [5, 5.41) is 17.5. The van der Waals surface area contributed by atoms with Gasteiger partial charge in [-0.1, -0.05) is 18.2 Å². The molecule has 1 atom stereocenters. The van der Waals surface area contributed by atoms with E-state index in [2.05, 4.69) is 70.2 Å². The number of nitrogens with zero attached hydrogens (tertiary/aromatic N) is 4. The molecule has 0 radical (unpaired) electrons. The molecule has 2 aromatic carbocycles. The molecule has 2 aliphatic heterocycles. The van der Waals surface area contributed by atoms with Crippen LogP contribution in [0.4, 0.5) is 10.5 Å². The van der Waals surface area contributed by atoms with E-state index in [4.69, 9.17) is 14.9 Å². The maximum Gasteiger partial charge on any atom is 0.404 e. The van der Waals surface area contributed by atoms with Gasteiger partial charge in [0.25, 0.3) is 0 Å². The van der Waals surface area contributed by atoms with E-state index in [0.717, 1.165) is 57.4 Å². The molecule has 37 heavy (non-hydrogen) atoms. The van der Waals surface area contributed by atoms with E-state index in [9.17, 15) is 4.79 Å². The fraction of sp³-hybridized carbons (Fsp3) is 0.517. The number of carboxylic acid groups (broad SMARTS) is 1. The van der Waals surface area contributed by atoms with Crippen molar-refractivity contribution < 1.29 is 14.6 Å². The summed E-state index contributed by atoms with van der Waals surface area (Å²) >= 11 is 0. The Kier molecular flexibility index (Phi) is 7.96. The number of hydrogen-bond acceptors (Lipinski definition) is 5. The first-order valence-electron chi connectivity index (χ1n) is 13.6. The molecule has 1 aromatic heterocycles. The molecular formula is C29H39N5O3. The number of fused-ring (bicyclic) bond motifs is 1. The van der Waals surface area contributed by atoms with Crippen molar-refractivity contribution in [2.45, 2.75) is 57.7 Å². The molecule has 5 rings (SSSR count). The van der Waals surface area contributed by atoms with Crippen molar-refractivity contribution in [2.75, 3.05) is 44.7 Å². The number of aryl methyl sites for hydroxylation is 1. The molecular weight excluding hydrogens is 466 g/mol. The molecule has 0 saturated carbocycles. The SMILES string of the molecule is Cc1cccc(N2CCC(c3c(CN(C)CCNC(=O)O)ccc4c3cnn4C3CCCCO3)CC2)c1. The zero-order valence-corrected chi connectivity index (χ0v) is 22.0. The molecule has 2 saturated heterocycles. The minimum Gasteiger partial charge on any atom is -0.465 e. The Hall–Kier alpha value is -3.10. The largest absolute Gasteiger partial charge is 0.465 e. The lowest BCUT2D eigenvalue weighted by molar-refractivity contribution is -0.0366. The molecule has 0 aliphatic carbocycles. The molecule has 2 aliphatic rings. The summed E-state index contributed by atoms with van der Waals surface area (Å²) in [7, 11) is 2.05. The highest BCUT2D eigenvalue weighted by atomic mass is 16.5. The molecule has 1 amide bonds. The van der Waals surface area contributed by atoms with Crippen LogP contribution in [0.1, 0.15) is 60.9 Å². The van der Waals surface area contributed by atoms with Crippen LogP contribution in [0.5, 0.6) is 0 Å². The number of ether oxygens (including phenoxy) is 1. The smallest absolute Gasteiger partial charge is 0.404 e. The number of likely N-dealkylation sites (N-methyl/N-ethyl adjacent to an activating group) is 1. The summed E-state index contributed by atoms with van der Waals surface area (Å²) in [6.45, 7) is 6.85. The van der Waals surface area contributed by atoms with Gasteiger partial charge in [0.15, 0.2) is 6.23 Å². The molecule has 0 spiro atoms. The number of rotatable bonds is 8. The predicted molar refractivity (Wildman–Crippen MR) is 146 cm³/mol. The van der Waals surface area contributed by atoms with Crippen LogP contribution in [0.3, 0.4) is 0 Å². The highest BCUT2D eigenvalue weighted by Gasteiger charge is 2.27. The van der Waals surface area contributed by atoms with Crippen LogP contribution in [-0.4, -0.2) is 65.7 Å². The summed E-state index contributed by atoms with van der Waals surface area (Å²) in [6, 6.07) is 13.2. The number of aromatic nitrogens is 2. The van der Waals surface area contributed by atoms with Gasteiger partial charge in [0.1, 0.15) is 0 Å². The van der Waals surface area contributed by atoms with Crippen molar-refractivity contribution in [3.8, 4) is 0 Å². The molecule has 3 heterocycles. The molecule has 2 fully saturated rings. The first-order valence-corrected chi connectivity index (χ1v) is 13.6. The summed E-state index contributed by atoms with van der Waals surface area (Å²) in [5.74, 6) is 0.454. The van der Waals surface area contributed by atoms with Gasteiger partial charge in [-0.3, -0.25) is 0 Å². The fourth-order valence-electron chi connectivity index (χ4n) is 5.93. The van der Waals surface area contributed by atoms with E-state index in [1.165, 1.54) is 34.2 Å². The quantitative estimate of drug-likeness (QED) is 0.442. The van der Waals surface area contributed by atoms with Crippen molar-refractivity contribution in [3.05, 3.63) is 59.3 Å². The molecule has 0 bridgehead atoms. The minimum atomic E-state index is -0.978. The molecule has 2 N–H and O–H groups in total. The standard InChI is InChI=1S/C29H39N5O3/c1-21-6-5-7-24(18-21)33-14-11-22(12-15-33)28-23(20-32(2)16-13-30-29(35)36)9-10-26-25(28)19-31-34(26)27-8-3-4-17-37-27/h5-7,9-10,18-19,22,27,30H,3-4,8,11-17,20H2,1-2H3,(H,35,36). The van der Waals surface area contributed by atoms with Crippen LogP contribution >= 0.6 is 0 Å². The molecule has 1 unspecified atom stereocenters. The van der Waals surface area contributed by atoms with E-state index in [1.807, 2.05) is 6.20 Å². The van der Waals surface area contributed by atoms with Crippen LogP contribution in [0.2, 0.25) is 0 Å². The van der Waals surface area contributed by atoms with Gasteiger partial charge in [-0.25, -0.2) is 9.48 Å². The van der Waals surface area contributed by atoms with Crippen molar-refractivity contribution in [1.82, 2.24) is 20.0 Å². The molecule has 8 nitrogen and oxygen atoms in total. The first kappa shape index (κ1) is 25.5. The number of hydrogen-bond donors (Lipinski definition) is 2. The van der Waals surface area contributed by atoms with Crippen molar-refractivity contribution in [2.24, 2.45) is 0 Å². The van der Waals surface area contributed by atoms with Crippen LogP contribution in [-0.2, 0) is 11.3 Å². The zero-order valence-electron chi connectivity index (χ0n) is 22.0. The Bertz CT molecular complexity index is 1210. The van der Waals surface area contributed by atoms with Crippen molar-refractivity contribution >= 4 is 22.7 Å². The van der Waals surface area contributed by atoms with Gasteiger partial charge in [-0.2, -0.15) is 5.10 Å². The maximum absolute atomic E-state index is 10.9. The third-order valence-electron chi connectivity index (χ3n) is 7.82. The second kappa shape index (κ2) is 11.5. The average Bonchev–Trinajstić information content (AvgIpc) is 3.33. The van der Waals surface area contributed by atoms with E-state index in [1.54, 1.807) is 0 Å². The summed E-state index contributed by atoms with van der Waals surface area (Å²) < 4.78 is 8.16. The number of benzene rings is 2. The normalized spacial score (nSPS) is 19.0. The Morgan fingerprint density at radius 3 is 2.76 bits per heavy atom. The van der Waals surface area contributed by atoms with Gasteiger partial charge < -0.3 is 25.0 Å². The number of carbonyl (C=O) groups is 1. The van der Waals surface area contributed by atoms with E-state index in [0.29, 0.717) is 19.0 Å². The number of nitrogens with one attached hydrogen (secondary N) is 1. The summed E-state index contributed by atoms with van der Waals surface area (Å²) in [5.41, 5.74) is 6.47. The minimum absolute atomic E-state index is 0.0119. The number of piperidine rings is 1. The van der Waals surface area contributed by atoms with Crippen LogP contribution in [0, 0.1) is 6.92 Å². The van der Waals surface area contributed by atoms with Gasteiger partial charge in [0.2, 0.25) is 0 Å². The van der Waals surface area contributed by atoms with Crippen molar-refractivity contribution in [1.29, 1.82) is 0 Å². The number of anilines is 1. The van der Waals surface area contributed by atoms with Gasteiger partial charge >= 0.3 is 6.09 Å². The lowest BCUT2D eigenvalue weighted by atomic mass is 9.84. The van der Waals surface area contributed by atoms with Gasteiger partial charge in [0.05, 0.1) is 11.7 Å². The molecule has 8 heteroatoms. The average molecular weight is 506 g/mol. The second-order valence-electron chi connectivity index (χ2n) is 10.6. The van der Waals surface area contributed by atoms with E-state index in [-0.39, 0.29) is 6.23 Å². The van der Waals surface area contributed by atoms with E-state index >= 15 is 0 Å². The Morgan fingerprint density at radius 2 is 2.03 bits per heavy atom. The molecule has 3 aromatic rings. The monoisotopic (exact) mass is 505 g/mol. The Labute approximate surface area is 219 Å². The topological polar surface area (TPSA) is 82.9 Å². The second-order valence-corrected chi connectivity index (χ2v) is 10.6. The maximum atomic E-state index is 10.9. The Morgan fingerprint density at radius 1 is 1.19 bits per heavy atom. The Balaban J connectivity index is 1.41. The third kappa shape index (κ3) is 5.91. The number of amides is 1. The highest BCUT2D eigenvalue weighted by molar-refractivity contribution is 5.84. The van der Waals surface area contributed by atoms with E-state index < -0.39 is 6.09 Å². The third-order valence-corrected chi connectivity index (χ3v) is 7.82. The highest BCUT2D eigenvalue weighted by Crippen LogP contribution is 2.38. The molecule has 198 valence electrons. The summed E-state index contributed by atoms with van der Waals surface area (Å²) in [6.07, 6.45) is 6.56. The lowest BCUT2D eigenvalue weighted by Crippen LogP contribution is -2.34. The lowest BCUT2D eigenvalue weighted by Gasteiger charge is -2.35. The van der Waals surface area contributed by atoms with Crippen LogP contribution < -0.4 is 10.2 Å². The van der Waals surface area contributed by atoms with Crippen LogP contribution in [0.25, 0.3) is 10.9 Å². The van der Waals surface area contributed by atoms with Gasteiger partial charge in [-0.05, 0) is 86.9 Å². The van der Waals surface area contributed by atoms with Crippen LogP contribution in [0.15, 0.2) is 42.6 Å². The van der Waals surface area contributed by atoms with Gasteiger partial charge in [0, 0.05) is 50.4 Å².